The zero-order valence-electron chi connectivity index (χ0n) is 9.76. The van der Waals surface area contributed by atoms with Crippen LogP contribution in [0.1, 0.15) is 20.8 Å². The summed E-state index contributed by atoms with van der Waals surface area (Å²) in [6.45, 7) is 0. The van der Waals surface area contributed by atoms with Crippen molar-refractivity contribution in [1.82, 2.24) is 4.98 Å². The molecular weight excluding hydrogens is 266 g/mol. The molecule has 1 aromatic heterocycles. The summed E-state index contributed by atoms with van der Waals surface area (Å²) in [5, 5.41) is 3.27. The van der Waals surface area contributed by atoms with Crippen LogP contribution in [-0.2, 0) is 0 Å². The number of halogens is 1. The van der Waals surface area contributed by atoms with Gasteiger partial charge in [0.1, 0.15) is 5.69 Å². The Morgan fingerprint density at radius 1 is 1.11 bits per heavy atom. The predicted molar refractivity (Wildman–Crippen MR) is 72.2 cm³/mol. The Bertz CT molecular complexity index is 609. The van der Waals surface area contributed by atoms with E-state index < -0.39 is 5.91 Å². The lowest BCUT2D eigenvalue weighted by Gasteiger charge is -2.05. The Balaban J connectivity index is 2.11. The first-order valence-corrected chi connectivity index (χ1v) is 5.77. The van der Waals surface area contributed by atoms with Crippen molar-refractivity contribution in [3.63, 3.8) is 0 Å². The van der Waals surface area contributed by atoms with E-state index in [1.54, 1.807) is 24.3 Å². The van der Waals surface area contributed by atoms with Crippen LogP contribution in [0.25, 0.3) is 0 Å². The van der Waals surface area contributed by atoms with Crippen molar-refractivity contribution < 1.29 is 9.59 Å². The molecule has 0 saturated carbocycles. The minimum absolute atomic E-state index is 0.114. The number of nitrogens with zero attached hydrogens (tertiary/aromatic N) is 1. The van der Waals surface area contributed by atoms with E-state index in [4.69, 9.17) is 17.3 Å². The predicted octanol–water partition coefficient (Wildman–Crippen LogP) is 2.09. The SMILES string of the molecule is NC(=O)c1ccc(C(=O)Nc2ccc(Cl)cc2)cn1. The molecule has 1 aromatic carbocycles. The summed E-state index contributed by atoms with van der Waals surface area (Å²) < 4.78 is 0. The second-order valence-corrected chi connectivity index (χ2v) is 4.19. The van der Waals surface area contributed by atoms with Crippen LogP contribution in [0.4, 0.5) is 5.69 Å². The fourth-order valence-corrected chi connectivity index (χ4v) is 1.54. The molecule has 2 amide bonds. The molecule has 0 fully saturated rings. The Kier molecular flexibility index (Phi) is 3.77. The topological polar surface area (TPSA) is 85.1 Å². The van der Waals surface area contributed by atoms with Gasteiger partial charge in [0, 0.05) is 16.9 Å². The third-order valence-corrected chi connectivity index (χ3v) is 2.63. The third-order valence-electron chi connectivity index (χ3n) is 2.38. The molecule has 19 heavy (non-hydrogen) atoms. The van der Waals surface area contributed by atoms with Crippen molar-refractivity contribution >= 4 is 29.1 Å². The van der Waals surface area contributed by atoms with Crippen molar-refractivity contribution in [2.75, 3.05) is 5.32 Å². The van der Waals surface area contributed by atoms with Gasteiger partial charge in [-0.1, -0.05) is 11.6 Å². The van der Waals surface area contributed by atoms with E-state index in [9.17, 15) is 9.59 Å². The normalized spacial score (nSPS) is 9.95. The van der Waals surface area contributed by atoms with Gasteiger partial charge in [-0.15, -0.1) is 0 Å². The fraction of sp³-hybridized carbons (Fsp3) is 0. The molecule has 0 unspecified atom stereocenters. The average Bonchev–Trinajstić information content (AvgIpc) is 2.41. The monoisotopic (exact) mass is 275 g/mol. The van der Waals surface area contributed by atoms with E-state index >= 15 is 0 Å². The number of pyridine rings is 1. The molecule has 0 aliphatic heterocycles. The molecular formula is C13H10ClN3O2. The van der Waals surface area contributed by atoms with Gasteiger partial charge < -0.3 is 11.1 Å². The minimum Gasteiger partial charge on any atom is -0.364 e. The molecule has 0 radical (unpaired) electrons. The summed E-state index contributed by atoms with van der Waals surface area (Å²) in [5.74, 6) is -0.962. The highest BCUT2D eigenvalue weighted by molar-refractivity contribution is 6.30. The number of carbonyl (C=O) groups excluding carboxylic acids is 2. The Labute approximate surface area is 114 Å². The van der Waals surface area contributed by atoms with Crippen LogP contribution in [-0.4, -0.2) is 16.8 Å². The summed E-state index contributed by atoms with van der Waals surface area (Å²) in [7, 11) is 0. The molecule has 0 spiro atoms. The molecule has 0 bridgehead atoms. The van der Waals surface area contributed by atoms with E-state index in [2.05, 4.69) is 10.3 Å². The number of hydrogen-bond donors (Lipinski definition) is 2. The van der Waals surface area contributed by atoms with Gasteiger partial charge >= 0.3 is 0 Å². The van der Waals surface area contributed by atoms with Crippen LogP contribution >= 0.6 is 11.6 Å². The van der Waals surface area contributed by atoms with Gasteiger partial charge in [-0.3, -0.25) is 14.6 Å². The van der Waals surface area contributed by atoms with Gasteiger partial charge in [0.25, 0.3) is 11.8 Å². The third kappa shape index (κ3) is 3.29. The summed E-state index contributed by atoms with van der Waals surface area (Å²) in [4.78, 5) is 26.5. The van der Waals surface area contributed by atoms with Gasteiger partial charge in [-0.05, 0) is 36.4 Å². The maximum absolute atomic E-state index is 11.9. The van der Waals surface area contributed by atoms with Gasteiger partial charge in [-0.25, -0.2) is 0 Å². The van der Waals surface area contributed by atoms with E-state index in [-0.39, 0.29) is 11.6 Å². The van der Waals surface area contributed by atoms with E-state index in [0.29, 0.717) is 16.3 Å². The summed E-state index contributed by atoms with van der Waals surface area (Å²) in [6.07, 6.45) is 1.30. The molecule has 0 aliphatic rings. The largest absolute Gasteiger partial charge is 0.364 e. The van der Waals surface area contributed by atoms with E-state index in [0.717, 1.165) is 0 Å². The average molecular weight is 276 g/mol. The summed E-state index contributed by atoms with van der Waals surface area (Å²) in [6, 6.07) is 9.60. The lowest BCUT2D eigenvalue weighted by atomic mass is 10.2. The Morgan fingerprint density at radius 2 is 1.79 bits per heavy atom. The number of nitrogens with two attached hydrogens (primary N) is 1. The Hall–Kier alpha value is -2.40. The zero-order chi connectivity index (χ0) is 13.8. The molecule has 1 heterocycles. The van der Waals surface area contributed by atoms with Gasteiger partial charge in [0.15, 0.2) is 0 Å². The van der Waals surface area contributed by atoms with E-state index in [1.165, 1.54) is 18.3 Å². The van der Waals surface area contributed by atoms with Crippen molar-refractivity contribution in [2.24, 2.45) is 5.73 Å². The van der Waals surface area contributed by atoms with Crippen LogP contribution in [0, 0.1) is 0 Å². The van der Waals surface area contributed by atoms with Crippen molar-refractivity contribution in [3.05, 3.63) is 58.9 Å². The number of nitrogens with one attached hydrogen (secondary N) is 1. The highest BCUT2D eigenvalue weighted by Crippen LogP contribution is 2.14. The van der Waals surface area contributed by atoms with E-state index in [1.807, 2.05) is 0 Å². The Morgan fingerprint density at radius 3 is 2.32 bits per heavy atom. The van der Waals surface area contributed by atoms with Crippen LogP contribution in [0.5, 0.6) is 0 Å². The standard InChI is InChI=1S/C13H10ClN3O2/c14-9-2-4-10(5-3-9)17-13(19)8-1-6-11(12(15)18)16-7-8/h1-7H,(H2,15,18)(H,17,19). The zero-order valence-corrected chi connectivity index (χ0v) is 10.5. The minimum atomic E-state index is -0.635. The van der Waals surface area contributed by atoms with Gasteiger partial charge in [0.05, 0.1) is 5.56 Å². The maximum atomic E-state index is 11.9. The number of anilines is 1. The molecule has 2 aromatic rings. The molecule has 6 heteroatoms. The van der Waals surface area contributed by atoms with Crippen LogP contribution < -0.4 is 11.1 Å². The fourth-order valence-electron chi connectivity index (χ4n) is 1.41. The molecule has 0 saturated heterocycles. The molecule has 96 valence electrons. The smallest absolute Gasteiger partial charge is 0.267 e. The maximum Gasteiger partial charge on any atom is 0.267 e. The number of rotatable bonds is 3. The molecule has 0 aliphatic carbocycles. The quantitative estimate of drug-likeness (QED) is 0.899. The lowest BCUT2D eigenvalue weighted by Crippen LogP contribution is -2.15. The van der Waals surface area contributed by atoms with Crippen LogP contribution in [0.3, 0.4) is 0 Å². The first kappa shape index (κ1) is 13.0. The first-order chi connectivity index (χ1) is 9.06. The number of primary amides is 1. The van der Waals surface area contributed by atoms with Crippen LogP contribution in [0.15, 0.2) is 42.6 Å². The summed E-state index contributed by atoms with van der Waals surface area (Å²) >= 11 is 5.75. The molecule has 3 N–H and O–H groups in total. The van der Waals surface area contributed by atoms with Gasteiger partial charge in [0.2, 0.25) is 0 Å². The second-order valence-electron chi connectivity index (χ2n) is 3.76. The highest BCUT2D eigenvalue weighted by Gasteiger charge is 2.08. The van der Waals surface area contributed by atoms with Crippen molar-refractivity contribution in [3.8, 4) is 0 Å². The number of amides is 2. The number of hydrogen-bond acceptors (Lipinski definition) is 3. The number of benzene rings is 1. The van der Waals surface area contributed by atoms with Gasteiger partial charge in [-0.2, -0.15) is 0 Å². The number of aromatic nitrogens is 1. The molecule has 0 atom stereocenters. The number of carbonyl (C=O) groups is 2. The molecule has 2 rings (SSSR count). The second kappa shape index (κ2) is 5.49. The van der Waals surface area contributed by atoms with Crippen molar-refractivity contribution in [1.29, 1.82) is 0 Å². The first-order valence-electron chi connectivity index (χ1n) is 5.39. The lowest BCUT2D eigenvalue weighted by molar-refractivity contribution is 0.0990. The van der Waals surface area contributed by atoms with Crippen molar-refractivity contribution in [2.45, 2.75) is 0 Å². The highest BCUT2D eigenvalue weighted by atomic mass is 35.5. The summed E-state index contributed by atoms with van der Waals surface area (Å²) in [5.41, 5.74) is 6.13. The van der Waals surface area contributed by atoms with Crippen LogP contribution in [0.2, 0.25) is 5.02 Å². The molecule has 5 nitrogen and oxygen atoms in total.